The molecule has 1 aliphatic carbocycles. The topological polar surface area (TPSA) is 47.0 Å². The fourth-order valence-electron chi connectivity index (χ4n) is 2.37. The molecule has 0 aliphatic heterocycles. The first-order valence-corrected chi connectivity index (χ1v) is 6.38. The van der Waals surface area contributed by atoms with E-state index in [1.54, 1.807) is 0 Å². The summed E-state index contributed by atoms with van der Waals surface area (Å²) in [4.78, 5) is 8.81. The predicted molar refractivity (Wildman–Crippen MR) is 68.4 cm³/mol. The van der Waals surface area contributed by atoms with Crippen LogP contribution < -0.4 is 10.1 Å². The van der Waals surface area contributed by atoms with Gasteiger partial charge in [-0.2, -0.15) is 4.98 Å². The summed E-state index contributed by atoms with van der Waals surface area (Å²) in [5.41, 5.74) is 1.09. The normalized spacial score (nSPS) is 18.1. The number of nitrogens with zero attached hydrogens (tertiary/aromatic N) is 2. The first kappa shape index (κ1) is 12.1. The van der Waals surface area contributed by atoms with Crippen LogP contribution >= 0.6 is 0 Å². The van der Waals surface area contributed by atoms with Gasteiger partial charge in [-0.15, -0.1) is 0 Å². The lowest BCUT2D eigenvalue weighted by Gasteiger charge is -2.25. The molecule has 0 saturated heterocycles. The maximum absolute atomic E-state index is 5.43. The van der Waals surface area contributed by atoms with Crippen LogP contribution in [0, 0.1) is 6.92 Å². The number of ether oxygens (including phenoxy) is 1. The first-order valence-electron chi connectivity index (χ1n) is 6.38. The summed E-state index contributed by atoms with van der Waals surface area (Å²) in [6, 6.07) is 1.87. The molecule has 4 nitrogen and oxygen atoms in total. The molecule has 4 heteroatoms. The van der Waals surface area contributed by atoms with Gasteiger partial charge in [-0.3, -0.25) is 0 Å². The number of hydrogen-bond acceptors (Lipinski definition) is 4. The van der Waals surface area contributed by atoms with E-state index in [2.05, 4.69) is 22.2 Å². The summed E-state index contributed by atoms with van der Waals surface area (Å²) < 4.78 is 5.43. The minimum absolute atomic E-state index is 0.150. The molecular weight excluding hydrogens is 214 g/mol. The molecular formula is C13H21N3O. The minimum Gasteiger partial charge on any atom is -0.478 e. The average Bonchev–Trinajstić information content (AvgIpc) is 2.64. The van der Waals surface area contributed by atoms with Gasteiger partial charge in [0.1, 0.15) is 0 Å². The quantitative estimate of drug-likeness (QED) is 0.871. The van der Waals surface area contributed by atoms with E-state index in [0.717, 1.165) is 5.69 Å². The molecule has 17 heavy (non-hydrogen) atoms. The average molecular weight is 235 g/mol. The molecule has 0 aromatic carbocycles. The highest BCUT2D eigenvalue weighted by Gasteiger charge is 2.29. The Morgan fingerprint density at radius 1 is 1.35 bits per heavy atom. The van der Waals surface area contributed by atoms with Crippen molar-refractivity contribution < 1.29 is 4.74 Å². The van der Waals surface area contributed by atoms with E-state index < -0.39 is 0 Å². The Bertz CT molecular complexity index is 386. The molecule has 0 bridgehead atoms. The molecule has 1 aromatic rings. The van der Waals surface area contributed by atoms with E-state index >= 15 is 0 Å². The Balaban J connectivity index is 2.14. The highest BCUT2D eigenvalue weighted by Crippen LogP contribution is 2.31. The molecule has 94 valence electrons. The van der Waals surface area contributed by atoms with Gasteiger partial charge in [0.15, 0.2) is 0 Å². The Kier molecular flexibility index (Phi) is 3.50. The third-order valence-corrected chi connectivity index (χ3v) is 3.24. The molecule has 0 radical (unpaired) electrons. The van der Waals surface area contributed by atoms with Gasteiger partial charge in [-0.1, -0.05) is 12.8 Å². The van der Waals surface area contributed by atoms with Crippen molar-refractivity contribution in [2.45, 2.75) is 52.0 Å². The van der Waals surface area contributed by atoms with E-state index in [0.29, 0.717) is 18.4 Å². The number of anilines is 1. The molecule has 1 N–H and O–H groups in total. The van der Waals surface area contributed by atoms with Gasteiger partial charge in [0.05, 0.1) is 6.61 Å². The number of aromatic nitrogens is 2. The van der Waals surface area contributed by atoms with Gasteiger partial charge < -0.3 is 10.1 Å². The van der Waals surface area contributed by atoms with Crippen LogP contribution in [0.1, 0.15) is 45.2 Å². The minimum atomic E-state index is 0.150. The van der Waals surface area contributed by atoms with Crippen molar-refractivity contribution in [3.05, 3.63) is 11.8 Å². The van der Waals surface area contributed by atoms with Crippen molar-refractivity contribution in [2.24, 2.45) is 0 Å². The molecule has 1 saturated carbocycles. The zero-order valence-electron chi connectivity index (χ0n) is 10.9. The molecule has 0 amide bonds. The van der Waals surface area contributed by atoms with Crippen molar-refractivity contribution in [2.75, 3.05) is 11.9 Å². The van der Waals surface area contributed by atoms with Crippen molar-refractivity contribution in [1.29, 1.82) is 0 Å². The lowest BCUT2D eigenvalue weighted by molar-refractivity contribution is 0.326. The van der Waals surface area contributed by atoms with E-state index in [1.807, 2.05) is 19.9 Å². The van der Waals surface area contributed by atoms with Crippen LogP contribution in [0.25, 0.3) is 0 Å². The third-order valence-electron chi connectivity index (χ3n) is 3.24. The highest BCUT2D eigenvalue weighted by atomic mass is 16.5. The first-order chi connectivity index (χ1) is 8.11. The number of aryl methyl sites for hydroxylation is 1. The number of hydrogen-bond donors (Lipinski definition) is 1. The summed E-state index contributed by atoms with van der Waals surface area (Å²) >= 11 is 0. The maximum Gasteiger partial charge on any atom is 0.226 e. The number of rotatable bonds is 4. The second-order valence-electron chi connectivity index (χ2n) is 5.00. The van der Waals surface area contributed by atoms with Gasteiger partial charge in [0.2, 0.25) is 11.8 Å². The summed E-state index contributed by atoms with van der Waals surface area (Å²) in [5.74, 6) is 1.35. The van der Waals surface area contributed by atoms with Gasteiger partial charge in [0, 0.05) is 17.3 Å². The van der Waals surface area contributed by atoms with Gasteiger partial charge in [-0.05, 0) is 33.6 Å². The Morgan fingerprint density at radius 2 is 2.06 bits per heavy atom. The Hall–Kier alpha value is -1.32. The van der Waals surface area contributed by atoms with Crippen molar-refractivity contribution in [3.8, 4) is 5.88 Å². The van der Waals surface area contributed by atoms with Crippen molar-refractivity contribution >= 4 is 5.95 Å². The van der Waals surface area contributed by atoms with E-state index in [1.165, 1.54) is 25.7 Å². The summed E-state index contributed by atoms with van der Waals surface area (Å²) in [5, 5.41) is 3.45. The number of nitrogens with one attached hydrogen (secondary N) is 1. The summed E-state index contributed by atoms with van der Waals surface area (Å²) in [6.45, 7) is 6.80. The monoisotopic (exact) mass is 235 g/mol. The van der Waals surface area contributed by atoms with Gasteiger partial charge in [-0.25, -0.2) is 4.98 Å². The lowest BCUT2D eigenvalue weighted by atomic mass is 10.0. The maximum atomic E-state index is 5.43. The van der Waals surface area contributed by atoms with Crippen LogP contribution in [0.2, 0.25) is 0 Å². The molecule has 1 aromatic heterocycles. The molecule has 1 fully saturated rings. The van der Waals surface area contributed by atoms with Crippen LogP contribution in [-0.2, 0) is 0 Å². The molecule has 2 rings (SSSR count). The highest BCUT2D eigenvalue weighted by molar-refractivity contribution is 5.34. The second-order valence-corrected chi connectivity index (χ2v) is 5.00. The van der Waals surface area contributed by atoms with Crippen LogP contribution in [0.4, 0.5) is 5.95 Å². The molecule has 1 heterocycles. The van der Waals surface area contributed by atoms with E-state index in [9.17, 15) is 0 Å². The Morgan fingerprint density at radius 3 is 2.71 bits per heavy atom. The van der Waals surface area contributed by atoms with Crippen LogP contribution in [0.3, 0.4) is 0 Å². The largest absolute Gasteiger partial charge is 0.478 e. The van der Waals surface area contributed by atoms with Crippen LogP contribution in [-0.4, -0.2) is 22.1 Å². The van der Waals surface area contributed by atoms with Crippen LogP contribution in [0.15, 0.2) is 6.07 Å². The van der Waals surface area contributed by atoms with Crippen LogP contribution in [0.5, 0.6) is 5.88 Å². The fourth-order valence-corrected chi connectivity index (χ4v) is 2.37. The standard InChI is InChI=1S/C13H21N3O/c1-4-17-11-9-10(2)14-12(15-11)16-13(3)7-5-6-8-13/h9H,4-8H2,1-3H3,(H,14,15,16). The van der Waals surface area contributed by atoms with E-state index in [-0.39, 0.29) is 5.54 Å². The van der Waals surface area contributed by atoms with Crippen molar-refractivity contribution in [3.63, 3.8) is 0 Å². The molecule has 1 aliphatic rings. The predicted octanol–water partition coefficient (Wildman–Crippen LogP) is 2.93. The summed E-state index contributed by atoms with van der Waals surface area (Å²) in [6.07, 6.45) is 4.95. The second kappa shape index (κ2) is 4.90. The zero-order valence-corrected chi connectivity index (χ0v) is 10.9. The van der Waals surface area contributed by atoms with Crippen molar-refractivity contribution in [1.82, 2.24) is 9.97 Å². The fraction of sp³-hybridized carbons (Fsp3) is 0.692. The molecule has 0 atom stereocenters. The van der Waals surface area contributed by atoms with Gasteiger partial charge in [0.25, 0.3) is 0 Å². The van der Waals surface area contributed by atoms with E-state index in [4.69, 9.17) is 4.74 Å². The summed E-state index contributed by atoms with van der Waals surface area (Å²) in [7, 11) is 0. The third kappa shape index (κ3) is 3.08. The SMILES string of the molecule is CCOc1cc(C)nc(NC2(C)CCCC2)n1. The smallest absolute Gasteiger partial charge is 0.226 e. The molecule has 0 spiro atoms. The zero-order chi connectivity index (χ0) is 12.3. The lowest BCUT2D eigenvalue weighted by Crippen LogP contribution is -2.31. The van der Waals surface area contributed by atoms with Gasteiger partial charge >= 0.3 is 0 Å². The Labute approximate surface area is 103 Å². The molecule has 0 unspecified atom stereocenters.